The van der Waals surface area contributed by atoms with E-state index >= 15 is 0 Å². The fourth-order valence-corrected chi connectivity index (χ4v) is 2.97. The van der Waals surface area contributed by atoms with Gasteiger partial charge in [0.05, 0.1) is 11.7 Å². The van der Waals surface area contributed by atoms with Crippen molar-refractivity contribution in [3.63, 3.8) is 0 Å². The zero-order chi connectivity index (χ0) is 15.9. The molecule has 1 amide bonds. The van der Waals surface area contributed by atoms with Crippen LogP contribution in [-0.2, 0) is 6.18 Å². The Morgan fingerprint density at radius 1 is 1.32 bits per heavy atom. The molecule has 118 valence electrons. The van der Waals surface area contributed by atoms with Crippen molar-refractivity contribution in [2.75, 3.05) is 6.54 Å². The second kappa shape index (κ2) is 5.19. The summed E-state index contributed by atoms with van der Waals surface area (Å²) in [5.41, 5.74) is -0.928. The summed E-state index contributed by atoms with van der Waals surface area (Å²) in [5.74, 6) is 0. The molecule has 0 aromatic carbocycles. The van der Waals surface area contributed by atoms with Crippen molar-refractivity contribution in [1.82, 2.24) is 14.3 Å². The van der Waals surface area contributed by atoms with E-state index in [4.69, 9.17) is 0 Å². The summed E-state index contributed by atoms with van der Waals surface area (Å²) >= 11 is 0. The van der Waals surface area contributed by atoms with Crippen molar-refractivity contribution >= 4 is 11.7 Å². The lowest BCUT2D eigenvalue weighted by Gasteiger charge is -2.33. The molecule has 1 atom stereocenters. The highest BCUT2D eigenvalue weighted by atomic mass is 19.4. The van der Waals surface area contributed by atoms with Crippen molar-refractivity contribution in [3.05, 3.63) is 35.8 Å². The van der Waals surface area contributed by atoms with Crippen LogP contribution in [0.1, 0.15) is 36.7 Å². The highest BCUT2D eigenvalue weighted by molar-refractivity contribution is 5.66. The van der Waals surface area contributed by atoms with Gasteiger partial charge in [-0.25, -0.2) is 9.78 Å². The molecule has 1 N–H and O–H groups in total. The molecule has 3 rings (SSSR count). The van der Waals surface area contributed by atoms with Crippen LogP contribution in [0.5, 0.6) is 0 Å². The number of rotatable bonds is 1. The summed E-state index contributed by atoms with van der Waals surface area (Å²) in [6, 6.07) is 3.71. The number of halogens is 3. The SMILES string of the molecule is O=C(O)N1CCCCC1c1nc2ccccn2c1C(F)(F)F. The number of hydrogen-bond acceptors (Lipinski definition) is 2. The molecule has 0 spiro atoms. The summed E-state index contributed by atoms with van der Waals surface area (Å²) in [6.07, 6.45) is -2.84. The molecule has 22 heavy (non-hydrogen) atoms. The maximum Gasteiger partial charge on any atom is 0.433 e. The number of imidazole rings is 1. The number of carbonyl (C=O) groups is 1. The lowest BCUT2D eigenvalue weighted by Crippen LogP contribution is -2.38. The van der Waals surface area contributed by atoms with E-state index in [2.05, 4.69) is 4.98 Å². The summed E-state index contributed by atoms with van der Waals surface area (Å²) in [5, 5.41) is 9.25. The van der Waals surface area contributed by atoms with Crippen LogP contribution in [0.25, 0.3) is 5.65 Å². The molecule has 2 aromatic heterocycles. The molecule has 0 bridgehead atoms. The fourth-order valence-electron chi connectivity index (χ4n) is 2.97. The molecule has 1 fully saturated rings. The monoisotopic (exact) mass is 313 g/mol. The first-order valence-corrected chi connectivity index (χ1v) is 6.93. The second-order valence-electron chi connectivity index (χ2n) is 5.26. The van der Waals surface area contributed by atoms with Crippen LogP contribution >= 0.6 is 0 Å². The molecule has 1 unspecified atom stereocenters. The van der Waals surface area contributed by atoms with Crippen LogP contribution in [0.15, 0.2) is 24.4 Å². The van der Waals surface area contributed by atoms with E-state index in [1.165, 1.54) is 18.3 Å². The number of hydrogen-bond donors (Lipinski definition) is 1. The topological polar surface area (TPSA) is 57.8 Å². The first-order valence-electron chi connectivity index (χ1n) is 6.93. The van der Waals surface area contributed by atoms with E-state index in [9.17, 15) is 23.1 Å². The molecule has 1 aliphatic heterocycles. The molecule has 1 aliphatic rings. The third-order valence-electron chi connectivity index (χ3n) is 3.89. The van der Waals surface area contributed by atoms with E-state index < -0.39 is 24.0 Å². The highest BCUT2D eigenvalue weighted by Crippen LogP contribution is 2.39. The van der Waals surface area contributed by atoms with Crippen molar-refractivity contribution in [1.29, 1.82) is 0 Å². The third-order valence-corrected chi connectivity index (χ3v) is 3.89. The highest BCUT2D eigenvalue weighted by Gasteiger charge is 2.42. The number of nitrogens with zero attached hydrogens (tertiary/aromatic N) is 3. The van der Waals surface area contributed by atoms with Crippen LogP contribution in [-0.4, -0.2) is 32.0 Å². The Hall–Kier alpha value is -2.25. The van der Waals surface area contributed by atoms with Gasteiger partial charge in [0.1, 0.15) is 5.65 Å². The number of pyridine rings is 1. The molecule has 0 radical (unpaired) electrons. The van der Waals surface area contributed by atoms with E-state index in [-0.39, 0.29) is 17.9 Å². The largest absolute Gasteiger partial charge is 0.465 e. The molecular formula is C14H14F3N3O2. The minimum absolute atomic E-state index is 0.167. The summed E-state index contributed by atoms with van der Waals surface area (Å²) in [4.78, 5) is 16.5. The minimum atomic E-state index is -4.60. The standard InChI is InChI=1S/C14H14F3N3O2/c15-14(16,17)12-11(18-10-6-2-4-8-20(10)12)9-5-1-3-7-19(9)13(21)22/h2,4,6,8-9H,1,3,5,7H2,(H,21,22). The smallest absolute Gasteiger partial charge is 0.433 e. The normalized spacial score (nSPS) is 19.6. The number of alkyl halides is 3. The molecule has 3 heterocycles. The van der Waals surface area contributed by atoms with Gasteiger partial charge < -0.3 is 5.11 Å². The van der Waals surface area contributed by atoms with Gasteiger partial charge in [-0.1, -0.05) is 6.07 Å². The van der Waals surface area contributed by atoms with Crippen LogP contribution in [0.3, 0.4) is 0 Å². The van der Waals surface area contributed by atoms with Gasteiger partial charge in [-0.15, -0.1) is 0 Å². The van der Waals surface area contributed by atoms with Crippen LogP contribution in [0, 0.1) is 0 Å². The van der Waals surface area contributed by atoms with Gasteiger partial charge in [-0.3, -0.25) is 9.30 Å². The van der Waals surface area contributed by atoms with E-state index in [0.717, 1.165) is 9.30 Å². The maximum absolute atomic E-state index is 13.5. The Labute approximate surface area is 124 Å². The summed E-state index contributed by atoms with van der Waals surface area (Å²) in [7, 11) is 0. The van der Waals surface area contributed by atoms with Crippen molar-refractivity contribution in [2.45, 2.75) is 31.5 Å². The van der Waals surface area contributed by atoms with Gasteiger partial charge in [-0.2, -0.15) is 13.2 Å². The second-order valence-corrected chi connectivity index (χ2v) is 5.26. The average Bonchev–Trinajstić information content (AvgIpc) is 2.86. The lowest BCUT2D eigenvalue weighted by atomic mass is 9.98. The average molecular weight is 313 g/mol. The molecule has 0 saturated carbocycles. The fraction of sp³-hybridized carbons (Fsp3) is 0.429. The summed E-state index contributed by atoms with van der Waals surface area (Å²) in [6.45, 7) is 0.227. The van der Waals surface area contributed by atoms with Gasteiger partial charge in [0.25, 0.3) is 0 Å². The van der Waals surface area contributed by atoms with Gasteiger partial charge in [0.2, 0.25) is 0 Å². The van der Waals surface area contributed by atoms with Gasteiger partial charge >= 0.3 is 12.3 Å². The maximum atomic E-state index is 13.5. The number of amides is 1. The van der Waals surface area contributed by atoms with Crippen molar-refractivity contribution in [3.8, 4) is 0 Å². The number of carboxylic acid groups (broad SMARTS) is 1. The predicted molar refractivity (Wildman–Crippen MR) is 71.5 cm³/mol. The third kappa shape index (κ3) is 2.38. The van der Waals surface area contributed by atoms with E-state index in [1.807, 2.05) is 0 Å². The number of fused-ring (bicyclic) bond motifs is 1. The number of likely N-dealkylation sites (tertiary alicyclic amines) is 1. The van der Waals surface area contributed by atoms with Crippen molar-refractivity contribution in [2.24, 2.45) is 0 Å². The van der Waals surface area contributed by atoms with Crippen LogP contribution in [0.2, 0.25) is 0 Å². The van der Waals surface area contributed by atoms with Crippen LogP contribution in [0.4, 0.5) is 18.0 Å². The molecule has 0 aliphatic carbocycles. The van der Waals surface area contributed by atoms with E-state index in [0.29, 0.717) is 19.3 Å². The quantitative estimate of drug-likeness (QED) is 0.876. The Bertz CT molecular complexity index is 711. The van der Waals surface area contributed by atoms with Gasteiger partial charge in [-0.05, 0) is 31.4 Å². The Balaban J connectivity index is 2.19. The first-order chi connectivity index (χ1) is 10.4. The molecule has 5 nitrogen and oxygen atoms in total. The summed E-state index contributed by atoms with van der Waals surface area (Å²) < 4.78 is 41.4. The molecule has 2 aromatic rings. The molecule has 1 saturated heterocycles. The number of aromatic nitrogens is 2. The Morgan fingerprint density at radius 3 is 2.77 bits per heavy atom. The Kier molecular flexibility index (Phi) is 3.46. The first kappa shape index (κ1) is 14.7. The zero-order valence-corrected chi connectivity index (χ0v) is 11.5. The van der Waals surface area contributed by atoms with Crippen LogP contribution < -0.4 is 0 Å². The van der Waals surface area contributed by atoms with E-state index in [1.54, 1.807) is 6.07 Å². The lowest BCUT2D eigenvalue weighted by molar-refractivity contribution is -0.143. The van der Waals surface area contributed by atoms with Crippen molar-refractivity contribution < 1.29 is 23.1 Å². The van der Waals surface area contributed by atoms with Gasteiger partial charge in [0, 0.05) is 12.7 Å². The minimum Gasteiger partial charge on any atom is -0.465 e. The zero-order valence-electron chi connectivity index (χ0n) is 11.5. The molecular weight excluding hydrogens is 299 g/mol. The predicted octanol–water partition coefficient (Wildman–Crippen LogP) is 3.56. The Morgan fingerprint density at radius 2 is 2.09 bits per heavy atom. The van der Waals surface area contributed by atoms with Gasteiger partial charge in [0.15, 0.2) is 5.69 Å². The number of piperidine rings is 1. The molecule has 8 heteroatoms.